The van der Waals surface area contributed by atoms with Crippen molar-refractivity contribution in [2.45, 2.75) is 31.4 Å². The molecule has 0 atom stereocenters. The van der Waals surface area contributed by atoms with Crippen molar-refractivity contribution < 1.29 is 24.2 Å². The number of amides is 2. The molecule has 2 amide bonds. The van der Waals surface area contributed by atoms with Crippen LogP contribution in [0, 0.1) is 0 Å². The predicted octanol–water partition coefficient (Wildman–Crippen LogP) is 2.48. The van der Waals surface area contributed by atoms with E-state index in [1.54, 1.807) is 16.7 Å². The van der Waals surface area contributed by atoms with Gasteiger partial charge in [0.05, 0.1) is 24.3 Å². The number of nitrogens with zero attached hydrogens (tertiary/aromatic N) is 2. The number of carbonyl (C=O) groups is 2. The summed E-state index contributed by atoms with van der Waals surface area (Å²) < 4.78 is 12.2. The van der Waals surface area contributed by atoms with Crippen LogP contribution in [0.5, 0.6) is 11.5 Å². The molecule has 0 aliphatic carbocycles. The van der Waals surface area contributed by atoms with E-state index in [0.717, 1.165) is 11.1 Å². The van der Waals surface area contributed by atoms with Gasteiger partial charge in [-0.15, -0.1) is 0 Å². The first-order chi connectivity index (χ1) is 16.5. The second kappa shape index (κ2) is 11.3. The fourth-order valence-electron chi connectivity index (χ4n) is 3.24. The van der Waals surface area contributed by atoms with Gasteiger partial charge in [-0.3, -0.25) is 9.59 Å². The number of hydrogen-bond acceptors (Lipinski definition) is 7. The summed E-state index contributed by atoms with van der Waals surface area (Å²) in [5.74, 6) is 1.04. The lowest BCUT2D eigenvalue weighted by atomic mass is 10.2. The number of carbonyl (C=O) groups excluding carboxylic acids is 2. The van der Waals surface area contributed by atoms with Crippen molar-refractivity contribution in [3.8, 4) is 11.5 Å². The van der Waals surface area contributed by atoms with Crippen LogP contribution in [0.15, 0.2) is 53.8 Å². The van der Waals surface area contributed by atoms with Crippen molar-refractivity contribution in [1.29, 1.82) is 0 Å². The van der Waals surface area contributed by atoms with Crippen LogP contribution >= 0.6 is 23.4 Å². The van der Waals surface area contributed by atoms with Crippen molar-refractivity contribution in [2.75, 3.05) is 12.5 Å². The Morgan fingerprint density at radius 2 is 1.74 bits per heavy atom. The first kappa shape index (κ1) is 23.9. The molecule has 0 saturated heterocycles. The standard InChI is InChI=1S/C23H23ClN4O5S/c24-17-4-1-15(2-5-17)8-25-21(30)11-28-18(12-29)10-27-23(28)34-13-22(31)26-9-16-3-6-19-20(7-16)33-14-32-19/h1-7,10,29H,8-9,11-14H2,(H,25,30)(H,26,31). The molecule has 0 spiro atoms. The molecule has 1 aliphatic rings. The number of rotatable bonds is 10. The Balaban J connectivity index is 1.28. The highest BCUT2D eigenvalue weighted by Gasteiger charge is 2.16. The zero-order chi connectivity index (χ0) is 23.9. The normalized spacial score (nSPS) is 11.9. The molecule has 0 radical (unpaired) electrons. The SMILES string of the molecule is O=C(CSc1ncc(CO)n1CC(=O)NCc1ccc(Cl)cc1)NCc1ccc2c(c1)OCO2. The molecule has 2 aromatic carbocycles. The number of aliphatic hydroxyl groups excluding tert-OH is 1. The van der Waals surface area contributed by atoms with E-state index in [4.69, 9.17) is 21.1 Å². The Labute approximate surface area is 205 Å². The number of aromatic nitrogens is 2. The van der Waals surface area contributed by atoms with E-state index in [0.29, 0.717) is 40.5 Å². The molecule has 178 valence electrons. The van der Waals surface area contributed by atoms with E-state index in [-0.39, 0.29) is 37.5 Å². The molecule has 34 heavy (non-hydrogen) atoms. The molecule has 4 rings (SSSR count). The third kappa shape index (κ3) is 6.22. The summed E-state index contributed by atoms with van der Waals surface area (Å²) >= 11 is 7.08. The maximum absolute atomic E-state index is 12.5. The minimum absolute atomic E-state index is 0.0232. The van der Waals surface area contributed by atoms with E-state index in [1.807, 2.05) is 30.3 Å². The number of thioether (sulfide) groups is 1. The monoisotopic (exact) mass is 502 g/mol. The highest BCUT2D eigenvalue weighted by molar-refractivity contribution is 7.99. The average molecular weight is 503 g/mol. The third-order valence-electron chi connectivity index (χ3n) is 5.03. The van der Waals surface area contributed by atoms with Gasteiger partial charge in [-0.1, -0.05) is 41.6 Å². The van der Waals surface area contributed by atoms with Gasteiger partial charge in [0.1, 0.15) is 6.54 Å². The summed E-state index contributed by atoms with van der Waals surface area (Å²) in [6, 6.07) is 12.7. The Morgan fingerprint density at radius 1 is 1.03 bits per heavy atom. The number of ether oxygens (including phenoxy) is 2. The van der Waals surface area contributed by atoms with Gasteiger partial charge in [0.25, 0.3) is 0 Å². The van der Waals surface area contributed by atoms with E-state index < -0.39 is 0 Å². The van der Waals surface area contributed by atoms with E-state index >= 15 is 0 Å². The number of halogens is 1. The summed E-state index contributed by atoms with van der Waals surface area (Å²) in [4.78, 5) is 29.1. The zero-order valence-corrected chi connectivity index (χ0v) is 19.7. The number of imidazole rings is 1. The summed E-state index contributed by atoms with van der Waals surface area (Å²) in [6.45, 7) is 0.603. The fraction of sp³-hybridized carbons (Fsp3) is 0.261. The number of benzene rings is 2. The maximum atomic E-state index is 12.5. The summed E-state index contributed by atoms with van der Waals surface area (Å²) in [7, 11) is 0. The molecule has 3 N–H and O–H groups in total. The zero-order valence-electron chi connectivity index (χ0n) is 18.1. The van der Waals surface area contributed by atoms with Crippen molar-refractivity contribution >= 4 is 35.2 Å². The van der Waals surface area contributed by atoms with Crippen LogP contribution in [-0.4, -0.2) is 39.0 Å². The van der Waals surface area contributed by atoms with Crippen LogP contribution in [0.25, 0.3) is 0 Å². The molecule has 11 heteroatoms. The quantitative estimate of drug-likeness (QED) is 0.365. The molecule has 0 unspecified atom stereocenters. The number of fused-ring (bicyclic) bond motifs is 1. The molecule has 1 aliphatic heterocycles. The van der Waals surface area contributed by atoms with E-state index in [2.05, 4.69) is 15.6 Å². The van der Waals surface area contributed by atoms with Gasteiger partial charge in [-0.25, -0.2) is 4.98 Å². The van der Waals surface area contributed by atoms with Crippen LogP contribution in [0.1, 0.15) is 16.8 Å². The second-order valence-electron chi connectivity index (χ2n) is 7.43. The Morgan fingerprint density at radius 3 is 2.53 bits per heavy atom. The number of hydrogen-bond donors (Lipinski definition) is 3. The number of aliphatic hydroxyl groups is 1. The second-order valence-corrected chi connectivity index (χ2v) is 8.81. The van der Waals surface area contributed by atoms with Gasteiger partial charge < -0.3 is 29.8 Å². The molecule has 1 aromatic heterocycles. The lowest BCUT2D eigenvalue weighted by Crippen LogP contribution is -2.28. The van der Waals surface area contributed by atoms with Gasteiger partial charge in [0, 0.05) is 18.1 Å². The van der Waals surface area contributed by atoms with Crippen LogP contribution in [0.3, 0.4) is 0 Å². The van der Waals surface area contributed by atoms with Crippen LogP contribution in [0.2, 0.25) is 5.02 Å². The fourth-order valence-corrected chi connectivity index (χ4v) is 4.19. The van der Waals surface area contributed by atoms with Crippen molar-refractivity contribution in [3.05, 3.63) is 70.5 Å². The highest BCUT2D eigenvalue weighted by atomic mass is 35.5. The van der Waals surface area contributed by atoms with Crippen LogP contribution in [-0.2, 0) is 35.8 Å². The molecule has 3 aromatic rings. The molecular formula is C23H23ClN4O5S. The smallest absolute Gasteiger partial charge is 0.240 e. The predicted molar refractivity (Wildman–Crippen MR) is 127 cm³/mol. The summed E-state index contributed by atoms with van der Waals surface area (Å²) in [6.07, 6.45) is 1.50. The first-order valence-electron chi connectivity index (χ1n) is 10.5. The van der Waals surface area contributed by atoms with Gasteiger partial charge in [0.2, 0.25) is 18.6 Å². The largest absolute Gasteiger partial charge is 0.454 e. The lowest BCUT2D eigenvalue weighted by molar-refractivity contribution is -0.122. The van der Waals surface area contributed by atoms with Gasteiger partial charge in [-0.05, 0) is 35.4 Å². The Bertz CT molecular complexity index is 1170. The van der Waals surface area contributed by atoms with E-state index in [1.165, 1.54) is 18.0 Å². The first-order valence-corrected chi connectivity index (χ1v) is 11.8. The van der Waals surface area contributed by atoms with Crippen LogP contribution < -0.4 is 20.1 Å². The summed E-state index contributed by atoms with van der Waals surface area (Å²) in [5.41, 5.74) is 2.30. The Kier molecular flexibility index (Phi) is 7.94. The van der Waals surface area contributed by atoms with Gasteiger partial charge in [0.15, 0.2) is 16.7 Å². The average Bonchev–Trinajstić information content (AvgIpc) is 3.47. The van der Waals surface area contributed by atoms with Crippen molar-refractivity contribution in [3.63, 3.8) is 0 Å². The lowest BCUT2D eigenvalue weighted by Gasteiger charge is -2.11. The van der Waals surface area contributed by atoms with E-state index in [9.17, 15) is 14.7 Å². The van der Waals surface area contributed by atoms with Crippen LogP contribution in [0.4, 0.5) is 0 Å². The minimum atomic E-state index is -0.270. The topological polar surface area (TPSA) is 115 Å². The van der Waals surface area contributed by atoms with Gasteiger partial charge >= 0.3 is 0 Å². The highest BCUT2D eigenvalue weighted by Crippen LogP contribution is 2.32. The maximum Gasteiger partial charge on any atom is 0.240 e. The molecule has 2 heterocycles. The third-order valence-corrected chi connectivity index (χ3v) is 6.27. The Hall–Kier alpha value is -3.21. The molecule has 9 nitrogen and oxygen atoms in total. The molecule has 0 fully saturated rings. The number of nitrogens with one attached hydrogen (secondary N) is 2. The molecule has 0 bridgehead atoms. The molecular weight excluding hydrogens is 480 g/mol. The summed E-state index contributed by atoms with van der Waals surface area (Å²) in [5, 5.41) is 16.4. The molecule has 0 saturated carbocycles. The van der Waals surface area contributed by atoms with Gasteiger partial charge in [-0.2, -0.15) is 0 Å². The van der Waals surface area contributed by atoms with Crippen molar-refractivity contribution in [2.24, 2.45) is 0 Å². The van der Waals surface area contributed by atoms with Crippen molar-refractivity contribution in [1.82, 2.24) is 20.2 Å². The minimum Gasteiger partial charge on any atom is -0.454 e.